The zero-order valence-electron chi connectivity index (χ0n) is 18.5. The van der Waals surface area contributed by atoms with Gasteiger partial charge in [-0.15, -0.1) is 10.2 Å². The van der Waals surface area contributed by atoms with Gasteiger partial charge in [-0.05, 0) is 42.7 Å². The van der Waals surface area contributed by atoms with Crippen LogP contribution in [0.1, 0.15) is 44.2 Å². The molecule has 3 aromatic rings. The van der Waals surface area contributed by atoms with Crippen LogP contribution >= 0.6 is 11.8 Å². The number of rotatable bonds is 9. The number of carbonyl (C=O) groups is 1. The first kappa shape index (κ1) is 22.7. The summed E-state index contributed by atoms with van der Waals surface area (Å²) >= 11 is 1.33. The highest BCUT2D eigenvalue weighted by atomic mass is 32.2. The Kier molecular flexibility index (Phi) is 7.57. The van der Waals surface area contributed by atoms with Crippen LogP contribution in [-0.4, -0.2) is 33.5 Å². The molecule has 0 radical (unpaired) electrons. The van der Waals surface area contributed by atoms with E-state index in [2.05, 4.69) is 29.4 Å². The zero-order chi connectivity index (χ0) is 22.4. The maximum atomic E-state index is 12.3. The van der Waals surface area contributed by atoms with E-state index in [4.69, 9.17) is 9.47 Å². The van der Waals surface area contributed by atoms with E-state index in [0.29, 0.717) is 22.6 Å². The number of carbonyl (C=O) groups excluding carboxylic acids is 1. The molecule has 2 aromatic carbocycles. The second-order valence-corrected chi connectivity index (χ2v) is 8.39. The number of ether oxygens (including phenoxy) is 2. The summed E-state index contributed by atoms with van der Waals surface area (Å²) < 4.78 is 13.1. The van der Waals surface area contributed by atoms with Crippen molar-refractivity contribution >= 4 is 23.4 Å². The predicted octanol–water partition coefficient (Wildman–Crippen LogP) is 4.82. The van der Waals surface area contributed by atoms with Crippen molar-refractivity contribution in [3.8, 4) is 11.5 Å². The average molecular weight is 441 g/mol. The van der Waals surface area contributed by atoms with E-state index >= 15 is 0 Å². The number of methoxy groups -OCH3 is 1. The molecule has 0 saturated heterocycles. The highest BCUT2D eigenvalue weighted by molar-refractivity contribution is 7.99. The van der Waals surface area contributed by atoms with Crippen LogP contribution in [-0.2, 0) is 11.8 Å². The van der Waals surface area contributed by atoms with Crippen LogP contribution in [0.25, 0.3) is 0 Å². The van der Waals surface area contributed by atoms with Crippen molar-refractivity contribution in [3.05, 3.63) is 59.9 Å². The lowest BCUT2D eigenvalue weighted by molar-refractivity contribution is -0.113. The van der Waals surface area contributed by atoms with Gasteiger partial charge in [0.05, 0.1) is 12.9 Å². The molecule has 0 fully saturated rings. The van der Waals surface area contributed by atoms with Gasteiger partial charge in [-0.1, -0.05) is 43.8 Å². The van der Waals surface area contributed by atoms with Crippen LogP contribution in [0.3, 0.4) is 0 Å². The maximum absolute atomic E-state index is 12.3. The Morgan fingerprint density at radius 3 is 2.48 bits per heavy atom. The first-order valence-corrected chi connectivity index (χ1v) is 11.1. The number of hydrogen-bond acceptors (Lipinski definition) is 6. The van der Waals surface area contributed by atoms with E-state index in [-0.39, 0.29) is 17.8 Å². The topological polar surface area (TPSA) is 78.3 Å². The standard InChI is InChI=1S/C23H28N4O3S/c1-15(2)17-9-11-18(12-10-17)24-21(28)14-31-23-26-25-22(27(23)4)16(3)30-20-8-6-7-19(13-20)29-5/h6-13,15-16H,14H2,1-5H3,(H,24,28). The Balaban J connectivity index is 1.56. The molecular formula is C23H28N4O3S. The number of aromatic nitrogens is 3. The smallest absolute Gasteiger partial charge is 0.234 e. The van der Waals surface area contributed by atoms with Crippen molar-refractivity contribution in [1.29, 1.82) is 0 Å². The van der Waals surface area contributed by atoms with E-state index in [1.165, 1.54) is 17.3 Å². The van der Waals surface area contributed by atoms with Gasteiger partial charge in [-0.2, -0.15) is 0 Å². The summed E-state index contributed by atoms with van der Waals surface area (Å²) in [5.41, 5.74) is 2.03. The quantitative estimate of drug-likeness (QED) is 0.481. The van der Waals surface area contributed by atoms with Crippen molar-refractivity contribution in [3.63, 3.8) is 0 Å². The minimum atomic E-state index is -0.313. The van der Waals surface area contributed by atoms with Gasteiger partial charge in [0.25, 0.3) is 0 Å². The third-order valence-electron chi connectivity index (χ3n) is 4.78. The predicted molar refractivity (Wildman–Crippen MR) is 123 cm³/mol. The summed E-state index contributed by atoms with van der Waals surface area (Å²) in [6.07, 6.45) is -0.313. The number of nitrogens with zero attached hydrogens (tertiary/aromatic N) is 3. The largest absolute Gasteiger partial charge is 0.497 e. The first-order valence-electron chi connectivity index (χ1n) is 10.1. The molecule has 8 heteroatoms. The Bertz CT molecular complexity index is 1020. The summed E-state index contributed by atoms with van der Waals surface area (Å²) in [4.78, 5) is 12.3. The van der Waals surface area contributed by atoms with Crippen LogP contribution < -0.4 is 14.8 Å². The number of hydrogen-bond donors (Lipinski definition) is 1. The van der Waals surface area contributed by atoms with Crippen molar-refractivity contribution in [1.82, 2.24) is 14.8 Å². The molecule has 164 valence electrons. The van der Waals surface area contributed by atoms with Crippen LogP contribution in [0.15, 0.2) is 53.7 Å². The van der Waals surface area contributed by atoms with Crippen LogP contribution in [0, 0.1) is 0 Å². The second kappa shape index (κ2) is 10.3. The molecule has 1 aromatic heterocycles. The third-order valence-corrected chi connectivity index (χ3v) is 5.80. The summed E-state index contributed by atoms with van der Waals surface area (Å²) in [7, 11) is 3.48. The zero-order valence-corrected chi connectivity index (χ0v) is 19.3. The van der Waals surface area contributed by atoms with E-state index in [9.17, 15) is 4.79 Å². The number of nitrogens with one attached hydrogen (secondary N) is 1. The Hall–Kier alpha value is -3.00. The van der Waals surface area contributed by atoms with Crippen molar-refractivity contribution in [2.24, 2.45) is 7.05 Å². The summed E-state index contributed by atoms with van der Waals surface area (Å²) in [6.45, 7) is 6.19. The van der Waals surface area contributed by atoms with Crippen molar-refractivity contribution in [2.75, 3.05) is 18.2 Å². The molecule has 1 heterocycles. The molecule has 0 aliphatic carbocycles. The van der Waals surface area contributed by atoms with Crippen LogP contribution in [0.5, 0.6) is 11.5 Å². The van der Waals surface area contributed by atoms with Gasteiger partial charge in [0.1, 0.15) is 11.5 Å². The van der Waals surface area contributed by atoms with E-state index in [1.807, 2.05) is 67.1 Å². The molecule has 0 spiro atoms. The molecule has 1 amide bonds. The fourth-order valence-electron chi connectivity index (χ4n) is 3.02. The summed E-state index contributed by atoms with van der Waals surface area (Å²) in [5, 5.41) is 12.0. The maximum Gasteiger partial charge on any atom is 0.234 e. The molecular weight excluding hydrogens is 412 g/mol. The monoisotopic (exact) mass is 440 g/mol. The second-order valence-electron chi connectivity index (χ2n) is 7.45. The molecule has 0 aliphatic rings. The fourth-order valence-corrected chi connectivity index (χ4v) is 3.73. The van der Waals surface area contributed by atoms with Crippen molar-refractivity contribution < 1.29 is 14.3 Å². The summed E-state index contributed by atoms with van der Waals surface area (Å²) in [5.74, 6) is 2.70. The van der Waals surface area contributed by atoms with E-state index in [1.54, 1.807) is 7.11 Å². The number of anilines is 1. The number of benzene rings is 2. The molecule has 0 bridgehead atoms. The lowest BCUT2D eigenvalue weighted by Crippen LogP contribution is -2.15. The van der Waals surface area contributed by atoms with Gasteiger partial charge < -0.3 is 19.4 Å². The van der Waals surface area contributed by atoms with Crippen LogP contribution in [0.2, 0.25) is 0 Å². The minimum Gasteiger partial charge on any atom is -0.497 e. The minimum absolute atomic E-state index is 0.0903. The van der Waals surface area contributed by atoms with Gasteiger partial charge >= 0.3 is 0 Å². The normalized spacial score (nSPS) is 11.9. The van der Waals surface area contributed by atoms with Crippen molar-refractivity contribution in [2.45, 2.75) is 37.9 Å². The number of amides is 1. The van der Waals surface area contributed by atoms with Gasteiger partial charge in [0.15, 0.2) is 17.1 Å². The average Bonchev–Trinajstić information content (AvgIpc) is 3.13. The molecule has 3 rings (SSSR count). The third kappa shape index (κ3) is 6.01. The first-order chi connectivity index (χ1) is 14.9. The van der Waals surface area contributed by atoms with Gasteiger partial charge in [-0.25, -0.2) is 0 Å². The molecule has 1 unspecified atom stereocenters. The van der Waals surface area contributed by atoms with Crippen LogP contribution in [0.4, 0.5) is 5.69 Å². The number of thioether (sulfide) groups is 1. The SMILES string of the molecule is COc1cccc(OC(C)c2nnc(SCC(=O)Nc3ccc(C(C)C)cc3)n2C)c1. The summed E-state index contributed by atoms with van der Waals surface area (Å²) in [6, 6.07) is 15.3. The molecule has 1 atom stereocenters. The molecule has 0 aliphatic heterocycles. The van der Waals surface area contributed by atoms with E-state index < -0.39 is 0 Å². The molecule has 7 nitrogen and oxygen atoms in total. The van der Waals surface area contributed by atoms with Gasteiger partial charge in [-0.3, -0.25) is 4.79 Å². The molecule has 1 N–H and O–H groups in total. The lowest BCUT2D eigenvalue weighted by Gasteiger charge is -2.14. The molecule has 0 saturated carbocycles. The van der Waals surface area contributed by atoms with Gasteiger partial charge in [0, 0.05) is 18.8 Å². The van der Waals surface area contributed by atoms with E-state index in [0.717, 1.165) is 11.4 Å². The molecule has 31 heavy (non-hydrogen) atoms. The highest BCUT2D eigenvalue weighted by Gasteiger charge is 2.18. The fraction of sp³-hybridized carbons (Fsp3) is 0.348. The highest BCUT2D eigenvalue weighted by Crippen LogP contribution is 2.26. The Labute approximate surface area is 187 Å². The Morgan fingerprint density at radius 2 is 1.81 bits per heavy atom. The lowest BCUT2D eigenvalue weighted by atomic mass is 10.0. The Morgan fingerprint density at radius 1 is 1.10 bits per heavy atom. The van der Waals surface area contributed by atoms with Gasteiger partial charge in [0.2, 0.25) is 5.91 Å².